The first-order chi connectivity index (χ1) is 6.56. The number of carbonyl (C=O) groups is 1. The number of carbonyl (C=O) groups excluding carboxylic acids is 1. The molecule has 0 saturated heterocycles. The van der Waals surface area contributed by atoms with Gasteiger partial charge in [0.1, 0.15) is 5.04 Å². The van der Waals surface area contributed by atoms with Crippen LogP contribution in [0.25, 0.3) is 0 Å². The van der Waals surface area contributed by atoms with Gasteiger partial charge in [0.2, 0.25) is 5.91 Å². The van der Waals surface area contributed by atoms with Crippen LogP contribution in [0.3, 0.4) is 0 Å². The maximum absolute atomic E-state index is 11.4. The van der Waals surface area contributed by atoms with Crippen LogP contribution in [0, 0.1) is 5.92 Å². The van der Waals surface area contributed by atoms with E-state index in [0.717, 1.165) is 0 Å². The number of nitrogens with one attached hydrogen (secondary N) is 1. The largest absolute Gasteiger partial charge is 0.410 e. The number of amides is 1. The Bertz CT molecular complexity index is 217. The van der Waals surface area contributed by atoms with Crippen LogP contribution in [-0.4, -0.2) is 28.5 Å². The molecule has 5 heteroatoms. The van der Waals surface area contributed by atoms with Gasteiger partial charge in [0.15, 0.2) is 0 Å². The minimum atomic E-state index is -0.336. The summed E-state index contributed by atoms with van der Waals surface area (Å²) < 4.78 is 0. The molecule has 2 N–H and O–H groups in total. The Morgan fingerprint density at radius 1 is 1.57 bits per heavy atom. The molecule has 1 amide bonds. The van der Waals surface area contributed by atoms with Gasteiger partial charge >= 0.3 is 0 Å². The molecule has 0 radical (unpaired) electrons. The van der Waals surface area contributed by atoms with Crippen LogP contribution in [0.1, 0.15) is 27.2 Å². The molecule has 4 nitrogen and oxygen atoms in total. The highest BCUT2D eigenvalue weighted by atomic mass is 32.2. The maximum Gasteiger partial charge on any atom is 0.229 e. The molecule has 0 aliphatic heterocycles. The average Bonchev–Trinajstić information content (AvgIpc) is 2.16. The lowest BCUT2D eigenvalue weighted by Gasteiger charge is -2.15. The standard InChI is InChI=1S/C9H18N2O2S/c1-5-7(8(12)10-4)9(11-13)14-6(2)3/h6-7,13H,5H2,1-4H3,(H,10,12). The van der Waals surface area contributed by atoms with Crippen molar-refractivity contribution in [3.05, 3.63) is 0 Å². The van der Waals surface area contributed by atoms with E-state index in [2.05, 4.69) is 10.5 Å². The van der Waals surface area contributed by atoms with Gasteiger partial charge in [0, 0.05) is 12.3 Å². The Morgan fingerprint density at radius 3 is 2.43 bits per heavy atom. The zero-order valence-electron chi connectivity index (χ0n) is 9.07. The van der Waals surface area contributed by atoms with E-state index in [1.807, 2.05) is 20.8 Å². The highest BCUT2D eigenvalue weighted by molar-refractivity contribution is 8.14. The van der Waals surface area contributed by atoms with Crippen LogP contribution in [0.5, 0.6) is 0 Å². The van der Waals surface area contributed by atoms with Gasteiger partial charge in [-0.3, -0.25) is 4.79 Å². The van der Waals surface area contributed by atoms with Crippen molar-refractivity contribution < 1.29 is 10.0 Å². The lowest BCUT2D eigenvalue weighted by atomic mass is 10.1. The summed E-state index contributed by atoms with van der Waals surface area (Å²) in [6.07, 6.45) is 0.638. The second-order valence-electron chi connectivity index (χ2n) is 3.18. The van der Waals surface area contributed by atoms with Crippen LogP contribution >= 0.6 is 11.8 Å². The first-order valence-corrected chi connectivity index (χ1v) is 5.54. The quantitative estimate of drug-likeness (QED) is 0.327. The van der Waals surface area contributed by atoms with Gasteiger partial charge in [-0.15, -0.1) is 11.8 Å². The number of hydrogen-bond donors (Lipinski definition) is 2. The second-order valence-corrected chi connectivity index (χ2v) is 4.78. The van der Waals surface area contributed by atoms with Crippen molar-refractivity contribution in [2.24, 2.45) is 11.1 Å². The first-order valence-electron chi connectivity index (χ1n) is 4.66. The highest BCUT2D eigenvalue weighted by Gasteiger charge is 2.23. The van der Waals surface area contributed by atoms with Crippen molar-refractivity contribution in [1.82, 2.24) is 5.32 Å². The number of hydrogen-bond acceptors (Lipinski definition) is 4. The summed E-state index contributed by atoms with van der Waals surface area (Å²) in [5.74, 6) is -0.439. The Morgan fingerprint density at radius 2 is 2.14 bits per heavy atom. The molecule has 0 saturated carbocycles. The van der Waals surface area contributed by atoms with Gasteiger partial charge in [-0.05, 0) is 6.42 Å². The van der Waals surface area contributed by atoms with Crippen molar-refractivity contribution in [2.45, 2.75) is 32.4 Å². The third-order valence-corrected chi connectivity index (χ3v) is 2.80. The predicted octanol–water partition coefficient (Wildman–Crippen LogP) is 1.69. The van der Waals surface area contributed by atoms with Crippen LogP contribution in [0.15, 0.2) is 5.16 Å². The molecule has 0 heterocycles. The zero-order valence-corrected chi connectivity index (χ0v) is 9.89. The Kier molecular flexibility index (Phi) is 6.36. The van der Waals surface area contributed by atoms with E-state index in [-0.39, 0.29) is 11.8 Å². The molecule has 0 fully saturated rings. The fourth-order valence-electron chi connectivity index (χ4n) is 1.06. The minimum absolute atomic E-state index is 0.103. The third-order valence-electron chi connectivity index (χ3n) is 1.72. The summed E-state index contributed by atoms with van der Waals surface area (Å²) in [6.45, 7) is 5.88. The summed E-state index contributed by atoms with van der Waals surface area (Å²) >= 11 is 1.42. The molecule has 0 bridgehead atoms. The lowest BCUT2D eigenvalue weighted by Crippen LogP contribution is -2.32. The minimum Gasteiger partial charge on any atom is -0.410 e. The summed E-state index contributed by atoms with van der Waals surface area (Å²) in [5, 5.41) is 15.3. The fourth-order valence-corrected chi connectivity index (χ4v) is 2.03. The predicted molar refractivity (Wildman–Crippen MR) is 59.8 cm³/mol. The molecule has 82 valence electrons. The molecule has 0 rings (SSSR count). The van der Waals surface area contributed by atoms with Crippen LogP contribution in [0.4, 0.5) is 0 Å². The van der Waals surface area contributed by atoms with Crippen molar-refractivity contribution >= 4 is 22.7 Å². The van der Waals surface area contributed by atoms with E-state index in [9.17, 15) is 4.79 Å². The molecule has 1 unspecified atom stereocenters. The SMILES string of the molecule is CCC(C(=O)NC)C(=NO)SC(C)C. The van der Waals surface area contributed by atoms with Crippen LogP contribution < -0.4 is 5.32 Å². The summed E-state index contributed by atoms with van der Waals surface area (Å²) in [5.41, 5.74) is 0. The molecule has 0 aliphatic rings. The molecule has 0 aromatic carbocycles. The van der Waals surface area contributed by atoms with E-state index in [1.54, 1.807) is 7.05 Å². The van der Waals surface area contributed by atoms with Gasteiger partial charge in [0.05, 0.1) is 5.92 Å². The Labute approximate surface area is 89.1 Å². The number of rotatable bonds is 4. The monoisotopic (exact) mass is 218 g/mol. The smallest absolute Gasteiger partial charge is 0.229 e. The third kappa shape index (κ3) is 4.00. The molecular weight excluding hydrogens is 200 g/mol. The molecule has 0 aromatic heterocycles. The molecule has 0 spiro atoms. The van der Waals surface area contributed by atoms with E-state index in [0.29, 0.717) is 16.7 Å². The van der Waals surface area contributed by atoms with E-state index in [1.165, 1.54) is 11.8 Å². The fraction of sp³-hybridized carbons (Fsp3) is 0.778. The normalized spacial score (nSPS) is 14.2. The van der Waals surface area contributed by atoms with E-state index < -0.39 is 0 Å². The topological polar surface area (TPSA) is 61.7 Å². The molecule has 0 aliphatic carbocycles. The van der Waals surface area contributed by atoms with Crippen molar-refractivity contribution in [3.63, 3.8) is 0 Å². The van der Waals surface area contributed by atoms with E-state index in [4.69, 9.17) is 5.21 Å². The summed E-state index contributed by atoms with van der Waals surface area (Å²) in [6, 6.07) is 0. The van der Waals surface area contributed by atoms with Crippen molar-refractivity contribution in [3.8, 4) is 0 Å². The Balaban J connectivity index is 4.54. The van der Waals surface area contributed by atoms with Gasteiger partial charge in [-0.2, -0.15) is 0 Å². The van der Waals surface area contributed by atoms with Gasteiger partial charge in [-0.1, -0.05) is 25.9 Å². The number of oxime groups is 1. The molecular formula is C9H18N2O2S. The second kappa shape index (κ2) is 6.70. The summed E-state index contributed by atoms with van der Waals surface area (Å²) in [4.78, 5) is 11.4. The van der Waals surface area contributed by atoms with E-state index >= 15 is 0 Å². The number of thioether (sulfide) groups is 1. The zero-order chi connectivity index (χ0) is 11.1. The first kappa shape index (κ1) is 13.3. The number of nitrogens with zero attached hydrogens (tertiary/aromatic N) is 1. The lowest BCUT2D eigenvalue weighted by molar-refractivity contribution is -0.122. The summed E-state index contributed by atoms with van der Waals surface area (Å²) in [7, 11) is 1.58. The molecule has 0 aromatic rings. The van der Waals surface area contributed by atoms with Gasteiger partial charge in [-0.25, -0.2) is 0 Å². The molecule has 14 heavy (non-hydrogen) atoms. The Hall–Kier alpha value is -0.710. The van der Waals surface area contributed by atoms with Crippen molar-refractivity contribution in [1.29, 1.82) is 0 Å². The van der Waals surface area contributed by atoms with Crippen molar-refractivity contribution in [2.75, 3.05) is 7.05 Å². The van der Waals surface area contributed by atoms with Gasteiger partial charge in [0.25, 0.3) is 0 Å². The van der Waals surface area contributed by atoms with Gasteiger partial charge < -0.3 is 10.5 Å². The van der Waals surface area contributed by atoms with Crippen LogP contribution in [0.2, 0.25) is 0 Å². The average molecular weight is 218 g/mol. The molecule has 1 atom stereocenters. The highest BCUT2D eigenvalue weighted by Crippen LogP contribution is 2.20. The van der Waals surface area contributed by atoms with Crippen LogP contribution in [-0.2, 0) is 4.79 Å². The maximum atomic E-state index is 11.4.